The third kappa shape index (κ3) is 3.54. The first-order chi connectivity index (χ1) is 11.0. The van der Waals surface area contributed by atoms with Gasteiger partial charge in [-0.2, -0.15) is 0 Å². The third-order valence-corrected chi connectivity index (χ3v) is 5.15. The Kier molecular flexibility index (Phi) is 4.63. The number of anilines is 1. The van der Waals surface area contributed by atoms with Crippen LogP contribution in [-0.4, -0.2) is 24.2 Å². The minimum Gasteiger partial charge on any atom is -0.447 e. The fourth-order valence-corrected chi connectivity index (χ4v) is 3.45. The second-order valence-corrected chi connectivity index (χ2v) is 7.00. The molecule has 122 valence electrons. The monoisotopic (exact) mass is 331 g/mol. The molecule has 1 aromatic carbocycles. The average Bonchev–Trinajstić information content (AvgIpc) is 3.11. The van der Waals surface area contributed by atoms with Crippen molar-refractivity contribution in [2.45, 2.75) is 33.4 Å². The quantitative estimate of drug-likeness (QED) is 0.910. The Labute approximate surface area is 140 Å². The fourth-order valence-electron chi connectivity index (χ4n) is 2.56. The van der Waals surface area contributed by atoms with E-state index in [-0.39, 0.29) is 12.1 Å². The molecule has 3 rings (SSSR count). The van der Waals surface area contributed by atoms with Gasteiger partial charge in [0.2, 0.25) is 0 Å². The van der Waals surface area contributed by atoms with E-state index in [0.29, 0.717) is 13.2 Å². The molecule has 0 radical (unpaired) electrons. The average molecular weight is 331 g/mol. The number of carbonyl (C=O) groups is 1. The van der Waals surface area contributed by atoms with Gasteiger partial charge in [-0.1, -0.05) is 12.1 Å². The second kappa shape index (κ2) is 6.68. The second-order valence-electron chi connectivity index (χ2n) is 5.71. The molecule has 0 saturated carbocycles. The molecule has 5 nitrogen and oxygen atoms in total. The van der Waals surface area contributed by atoms with Crippen molar-refractivity contribution >= 4 is 23.1 Å². The summed E-state index contributed by atoms with van der Waals surface area (Å²) < 4.78 is 5.00. The van der Waals surface area contributed by atoms with Gasteiger partial charge in [-0.05, 0) is 38.5 Å². The fraction of sp³-hybridized carbons (Fsp3) is 0.412. The van der Waals surface area contributed by atoms with Crippen molar-refractivity contribution < 1.29 is 9.53 Å². The molecular weight excluding hydrogens is 310 g/mol. The summed E-state index contributed by atoms with van der Waals surface area (Å²) in [5.41, 5.74) is 3.14. The molecule has 0 aliphatic carbocycles. The zero-order chi connectivity index (χ0) is 16.4. The molecule has 23 heavy (non-hydrogen) atoms. The number of benzene rings is 1. The lowest BCUT2D eigenvalue weighted by atomic mass is 10.1. The highest BCUT2D eigenvalue weighted by Gasteiger charge is 2.23. The predicted molar refractivity (Wildman–Crippen MR) is 92.0 cm³/mol. The van der Waals surface area contributed by atoms with E-state index in [1.807, 2.05) is 25.1 Å². The summed E-state index contributed by atoms with van der Waals surface area (Å²) in [5.74, 6) is 0. The van der Waals surface area contributed by atoms with Crippen LogP contribution in [0, 0.1) is 13.8 Å². The van der Waals surface area contributed by atoms with E-state index in [1.165, 1.54) is 4.88 Å². The van der Waals surface area contributed by atoms with Gasteiger partial charge in [0.05, 0.1) is 12.2 Å². The molecule has 1 saturated heterocycles. The van der Waals surface area contributed by atoms with Gasteiger partial charge in [0, 0.05) is 23.2 Å². The Morgan fingerprint density at radius 3 is 2.91 bits per heavy atom. The number of amides is 1. The summed E-state index contributed by atoms with van der Waals surface area (Å²) in [6.07, 6.45) is -0.267. The summed E-state index contributed by atoms with van der Waals surface area (Å²) in [7, 11) is 0. The van der Waals surface area contributed by atoms with E-state index in [4.69, 9.17) is 4.74 Å². The Hall–Kier alpha value is -1.92. The van der Waals surface area contributed by atoms with Crippen LogP contribution in [0.5, 0.6) is 0 Å². The molecule has 1 fully saturated rings. The van der Waals surface area contributed by atoms with Crippen molar-refractivity contribution in [1.82, 2.24) is 10.3 Å². The minimum absolute atomic E-state index is 0.179. The number of ether oxygens (including phenoxy) is 1. The van der Waals surface area contributed by atoms with E-state index in [2.05, 4.69) is 30.2 Å². The molecule has 1 unspecified atom stereocenters. The lowest BCUT2D eigenvalue weighted by Gasteiger charge is -2.17. The molecule has 1 N–H and O–H groups in total. The molecule has 1 atom stereocenters. The van der Waals surface area contributed by atoms with Crippen LogP contribution in [0.3, 0.4) is 0 Å². The summed E-state index contributed by atoms with van der Waals surface area (Å²) >= 11 is 1.73. The molecule has 1 aliphatic rings. The zero-order valence-corrected chi connectivity index (χ0v) is 14.4. The number of thiazole rings is 1. The van der Waals surface area contributed by atoms with Crippen LogP contribution in [0.25, 0.3) is 0 Å². The van der Waals surface area contributed by atoms with Crippen molar-refractivity contribution in [3.8, 4) is 0 Å². The van der Waals surface area contributed by atoms with Crippen LogP contribution >= 0.6 is 11.3 Å². The van der Waals surface area contributed by atoms with E-state index >= 15 is 0 Å². The van der Waals surface area contributed by atoms with Crippen molar-refractivity contribution in [2.75, 3.05) is 18.1 Å². The number of hydrogen-bond donors (Lipinski definition) is 1. The molecule has 1 aromatic heterocycles. The van der Waals surface area contributed by atoms with Gasteiger partial charge in [0.25, 0.3) is 0 Å². The van der Waals surface area contributed by atoms with Gasteiger partial charge in [-0.15, -0.1) is 11.3 Å². The highest BCUT2D eigenvalue weighted by molar-refractivity contribution is 7.11. The van der Waals surface area contributed by atoms with E-state index in [0.717, 1.165) is 28.5 Å². The van der Waals surface area contributed by atoms with E-state index in [1.54, 1.807) is 16.2 Å². The number of cyclic esters (lactones) is 1. The van der Waals surface area contributed by atoms with Crippen LogP contribution in [0.2, 0.25) is 0 Å². The smallest absolute Gasteiger partial charge is 0.414 e. The lowest BCUT2D eigenvalue weighted by Crippen LogP contribution is -2.24. The largest absolute Gasteiger partial charge is 0.447 e. The topological polar surface area (TPSA) is 54.5 Å². The Morgan fingerprint density at radius 2 is 2.26 bits per heavy atom. The maximum absolute atomic E-state index is 11.7. The van der Waals surface area contributed by atoms with Gasteiger partial charge < -0.3 is 10.1 Å². The first kappa shape index (κ1) is 16.0. The number of aromatic nitrogens is 1. The molecule has 2 aromatic rings. The van der Waals surface area contributed by atoms with Crippen LogP contribution in [0.4, 0.5) is 10.5 Å². The molecule has 1 amide bonds. The predicted octanol–water partition coefficient (Wildman–Crippen LogP) is 3.57. The normalized spacial score (nSPS) is 15.8. The van der Waals surface area contributed by atoms with Crippen molar-refractivity contribution in [2.24, 2.45) is 0 Å². The van der Waals surface area contributed by atoms with Crippen molar-refractivity contribution in [3.05, 3.63) is 45.4 Å². The number of aryl methyl sites for hydroxylation is 2. The molecule has 0 bridgehead atoms. The van der Waals surface area contributed by atoms with Gasteiger partial charge in [-0.3, -0.25) is 4.90 Å². The van der Waals surface area contributed by atoms with Gasteiger partial charge in [-0.25, -0.2) is 9.78 Å². The number of nitrogens with one attached hydrogen (secondary N) is 1. The van der Waals surface area contributed by atoms with Crippen LogP contribution in [0.15, 0.2) is 24.3 Å². The minimum atomic E-state index is -0.267. The summed E-state index contributed by atoms with van der Waals surface area (Å²) in [6.45, 7) is 8.07. The molecule has 2 heterocycles. The SMILES string of the molecule is Cc1nc(CNC(C)c2cccc(N3CCOC3=O)c2)sc1C. The Balaban J connectivity index is 1.67. The summed E-state index contributed by atoms with van der Waals surface area (Å²) in [5, 5.41) is 4.60. The lowest BCUT2D eigenvalue weighted by molar-refractivity contribution is 0.181. The first-order valence-corrected chi connectivity index (χ1v) is 8.57. The van der Waals surface area contributed by atoms with Gasteiger partial charge >= 0.3 is 6.09 Å². The molecular formula is C17H21N3O2S. The number of nitrogens with zero attached hydrogens (tertiary/aromatic N) is 2. The standard InChI is InChI=1S/C17H21N3O2S/c1-11-13(3)23-16(19-11)10-18-12(2)14-5-4-6-15(9-14)20-7-8-22-17(20)21/h4-6,9,12,18H,7-8,10H2,1-3H3. The number of carbonyl (C=O) groups excluding carboxylic acids is 1. The first-order valence-electron chi connectivity index (χ1n) is 7.75. The van der Waals surface area contributed by atoms with Crippen LogP contribution in [0.1, 0.15) is 34.1 Å². The van der Waals surface area contributed by atoms with Gasteiger partial charge in [0.1, 0.15) is 11.6 Å². The van der Waals surface area contributed by atoms with Crippen molar-refractivity contribution in [3.63, 3.8) is 0 Å². The Morgan fingerprint density at radius 1 is 1.43 bits per heavy atom. The summed E-state index contributed by atoms with van der Waals surface area (Å²) in [4.78, 5) is 19.2. The van der Waals surface area contributed by atoms with E-state index in [9.17, 15) is 4.79 Å². The van der Waals surface area contributed by atoms with Gasteiger partial charge in [0.15, 0.2) is 0 Å². The van der Waals surface area contributed by atoms with Crippen LogP contribution < -0.4 is 10.2 Å². The number of hydrogen-bond acceptors (Lipinski definition) is 5. The molecule has 6 heteroatoms. The maximum Gasteiger partial charge on any atom is 0.414 e. The molecule has 1 aliphatic heterocycles. The highest BCUT2D eigenvalue weighted by atomic mass is 32.1. The zero-order valence-electron chi connectivity index (χ0n) is 13.6. The maximum atomic E-state index is 11.7. The van der Waals surface area contributed by atoms with Crippen LogP contribution in [-0.2, 0) is 11.3 Å². The highest BCUT2D eigenvalue weighted by Crippen LogP contribution is 2.24. The summed E-state index contributed by atoms with van der Waals surface area (Å²) in [6, 6.07) is 8.21. The van der Waals surface area contributed by atoms with Crippen molar-refractivity contribution in [1.29, 1.82) is 0 Å². The Bertz CT molecular complexity index is 694. The third-order valence-electron chi connectivity index (χ3n) is 4.07. The number of rotatable bonds is 5. The molecule has 0 spiro atoms. The van der Waals surface area contributed by atoms with E-state index < -0.39 is 0 Å².